The number of nitrogens with zero attached hydrogens (tertiary/aromatic N) is 1. The van der Waals surface area contributed by atoms with E-state index in [0.29, 0.717) is 0 Å². The number of benzene rings is 1. The SMILES string of the molecule is C[C@H](OC(=O)CCNC(=O)OC(C)(C)C)C(=O)Nc1ccccc1[N+](=O)[O-]. The smallest absolute Gasteiger partial charge is 0.407 e. The molecule has 2 N–H and O–H groups in total. The van der Waals surface area contributed by atoms with Crippen LogP contribution in [0.5, 0.6) is 0 Å². The average Bonchev–Trinajstić information content (AvgIpc) is 2.53. The van der Waals surface area contributed by atoms with E-state index < -0.39 is 34.6 Å². The predicted octanol–water partition coefficient (Wildman–Crippen LogP) is 2.38. The first-order valence-electron chi connectivity index (χ1n) is 8.20. The number of anilines is 1. The Balaban J connectivity index is 2.46. The lowest BCUT2D eigenvalue weighted by molar-refractivity contribution is -0.383. The first kappa shape index (κ1) is 21.9. The third-order valence-corrected chi connectivity index (χ3v) is 3.03. The molecule has 0 saturated heterocycles. The summed E-state index contributed by atoms with van der Waals surface area (Å²) in [5.41, 5.74) is -0.926. The number of amides is 2. The maximum atomic E-state index is 12.1. The molecule has 1 aromatic carbocycles. The second kappa shape index (κ2) is 9.51. The first-order valence-corrected chi connectivity index (χ1v) is 8.20. The molecule has 148 valence electrons. The Morgan fingerprint density at radius 2 is 1.85 bits per heavy atom. The fourth-order valence-corrected chi connectivity index (χ4v) is 1.86. The molecule has 0 saturated carbocycles. The number of ether oxygens (including phenoxy) is 2. The van der Waals surface area contributed by atoms with Crippen molar-refractivity contribution in [3.05, 3.63) is 34.4 Å². The molecule has 0 spiro atoms. The van der Waals surface area contributed by atoms with E-state index in [1.54, 1.807) is 20.8 Å². The predicted molar refractivity (Wildman–Crippen MR) is 96.1 cm³/mol. The van der Waals surface area contributed by atoms with Crippen molar-refractivity contribution in [3.8, 4) is 0 Å². The normalized spacial score (nSPS) is 11.9. The van der Waals surface area contributed by atoms with Crippen LogP contribution in [-0.4, -0.2) is 41.1 Å². The van der Waals surface area contributed by atoms with E-state index in [1.165, 1.54) is 31.2 Å². The third kappa shape index (κ3) is 8.17. The van der Waals surface area contributed by atoms with Gasteiger partial charge in [0.05, 0.1) is 11.3 Å². The quantitative estimate of drug-likeness (QED) is 0.420. The zero-order valence-electron chi connectivity index (χ0n) is 15.6. The van der Waals surface area contributed by atoms with Gasteiger partial charge in [-0.2, -0.15) is 0 Å². The Hall–Kier alpha value is -3.17. The number of alkyl carbamates (subject to hydrolysis) is 1. The van der Waals surface area contributed by atoms with Crippen molar-refractivity contribution in [1.29, 1.82) is 0 Å². The minimum absolute atomic E-state index is 0.00184. The van der Waals surface area contributed by atoms with E-state index in [-0.39, 0.29) is 24.3 Å². The average molecular weight is 381 g/mol. The van der Waals surface area contributed by atoms with Crippen molar-refractivity contribution in [2.45, 2.75) is 45.8 Å². The molecule has 1 atom stereocenters. The van der Waals surface area contributed by atoms with Gasteiger partial charge in [0.25, 0.3) is 11.6 Å². The molecule has 27 heavy (non-hydrogen) atoms. The molecule has 2 amide bonds. The van der Waals surface area contributed by atoms with Crippen molar-refractivity contribution in [1.82, 2.24) is 5.32 Å². The highest BCUT2D eigenvalue weighted by atomic mass is 16.6. The fraction of sp³-hybridized carbons (Fsp3) is 0.471. The summed E-state index contributed by atoms with van der Waals surface area (Å²) in [7, 11) is 0. The molecule has 10 heteroatoms. The van der Waals surface area contributed by atoms with Gasteiger partial charge in [-0.1, -0.05) is 12.1 Å². The lowest BCUT2D eigenvalue weighted by Crippen LogP contribution is -2.35. The Morgan fingerprint density at radius 1 is 1.22 bits per heavy atom. The van der Waals surface area contributed by atoms with E-state index in [2.05, 4.69) is 10.6 Å². The van der Waals surface area contributed by atoms with Crippen LogP contribution in [0.2, 0.25) is 0 Å². The zero-order valence-corrected chi connectivity index (χ0v) is 15.6. The molecule has 0 heterocycles. The molecule has 10 nitrogen and oxygen atoms in total. The second-order valence-corrected chi connectivity index (χ2v) is 6.57. The topological polar surface area (TPSA) is 137 Å². The van der Waals surface area contributed by atoms with Crippen LogP contribution in [0.15, 0.2) is 24.3 Å². The summed E-state index contributed by atoms with van der Waals surface area (Å²) >= 11 is 0. The number of carbonyl (C=O) groups is 3. The minimum atomic E-state index is -1.17. The van der Waals surface area contributed by atoms with Gasteiger partial charge in [0.1, 0.15) is 11.3 Å². The number of esters is 1. The molecule has 0 fully saturated rings. The van der Waals surface area contributed by atoms with E-state index in [9.17, 15) is 24.5 Å². The third-order valence-electron chi connectivity index (χ3n) is 3.03. The maximum absolute atomic E-state index is 12.1. The largest absolute Gasteiger partial charge is 0.452 e. The molecular formula is C17H23N3O7. The van der Waals surface area contributed by atoms with Crippen LogP contribution in [0.3, 0.4) is 0 Å². The molecular weight excluding hydrogens is 358 g/mol. The number of hydrogen-bond acceptors (Lipinski definition) is 7. The van der Waals surface area contributed by atoms with Gasteiger partial charge in [0, 0.05) is 12.6 Å². The summed E-state index contributed by atoms with van der Waals surface area (Å²) in [5.74, 6) is -1.42. The van der Waals surface area contributed by atoms with Crippen LogP contribution in [0, 0.1) is 10.1 Å². The summed E-state index contributed by atoms with van der Waals surface area (Å²) < 4.78 is 9.97. The van der Waals surface area contributed by atoms with Crippen LogP contribution in [0.4, 0.5) is 16.2 Å². The lowest BCUT2D eigenvalue weighted by Gasteiger charge is -2.19. The molecule has 0 aliphatic carbocycles. The van der Waals surface area contributed by atoms with Gasteiger partial charge in [-0.05, 0) is 33.8 Å². The molecule has 0 unspecified atom stereocenters. The Bertz CT molecular complexity index is 713. The van der Waals surface area contributed by atoms with Crippen molar-refractivity contribution >= 4 is 29.3 Å². The molecule has 1 rings (SSSR count). The monoisotopic (exact) mass is 381 g/mol. The van der Waals surface area contributed by atoms with Gasteiger partial charge in [0.15, 0.2) is 6.10 Å². The lowest BCUT2D eigenvalue weighted by atomic mass is 10.2. The second-order valence-electron chi connectivity index (χ2n) is 6.57. The minimum Gasteiger partial charge on any atom is -0.452 e. The summed E-state index contributed by atoms with van der Waals surface area (Å²) in [5, 5.41) is 15.7. The van der Waals surface area contributed by atoms with Crippen molar-refractivity contribution in [2.24, 2.45) is 0 Å². The summed E-state index contributed by atoms with van der Waals surface area (Å²) in [6, 6.07) is 5.61. The van der Waals surface area contributed by atoms with E-state index in [0.717, 1.165) is 0 Å². The van der Waals surface area contributed by atoms with Gasteiger partial charge >= 0.3 is 12.1 Å². The highest BCUT2D eigenvalue weighted by Gasteiger charge is 2.22. The van der Waals surface area contributed by atoms with Crippen LogP contribution in [-0.2, 0) is 19.1 Å². The zero-order chi connectivity index (χ0) is 20.6. The van der Waals surface area contributed by atoms with E-state index in [4.69, 9.17) is 9.47 Å². The number of hydrogen-bond donors (Lipinski definition) is 2. The van der Waals surface area contributed by atoms with Crippen LogP contribution >= 0.6 is 0 Å². The highest BCUT2D eigenvalue weighted by molar-refractivity contribution is 5.96. The molecule has 1 aromatic rings. The standard InChI is InChI=1S/C17H23N3O7/c1-11(15(22)19-12-7-5-6-8-13(12)20(24)25)26-14(21)9-10-18-16(23)27-17(2,3)4/h5-8,11H,9-10H2,1-4H3,(H,18,23)(H,19,22)/t11-/m0/s1. The number of nitro groups is 1. The number of nitrogens with one attached hydrogen (secondary N) is 2. The van der Waals surface area contributed by atoms with Crippen molar-refractivity contribution in [2.75, 3.05) is 11.9 Å². The summed E-state index contributed by atoms with van der Waals surface area (Å²) in [6.45, 7) is 6.43. The van der Waals surface area contributed by atoms with Gasteiger partial charge in [-0.3, -0.25) is 19.7 Å². The number of rotatable bonds is 7. The summed E-state index contributed by atoms with van der Waals surface area (Å²) in [4.78, 5) is 45.6. The Labute approximate surface area is 156 Å². The number of nitro benzene ring substituents is 1. The van der Waals surface area contributed by atoms with Crippen molar-refractivity contribution < 1.29 is 28.8 Å². The van der Waals surface area contributed by atoms with Gasteiger partial charge in [0.2, 0.25) is 0 Å². The fourth-order valence-electron chi connectivity index (χ4n) is 1.86. The Kier molecular flexibility index (Phi) is 7.70. The van der Waals surface area contributed by atoms with E-state index in [1.807, 2.05) is 0 Å². The van der Waals surface area contributed by atoms with Crippen LogP contribution in [0.1, 0.15) is 34.1 Å². The highest BCUT2D eigenvalue weighted by Crippen LogP contribution is 2.23. The van der Waals surface area contributed by atoms with Crippen LogP contribution < -0.4 is 10.6 Å². The number of para-hydroxylation sites is 2. The van der Waals surface area contributed by atoms with Gasteiger partial charge < -0.3 is 20.1 Å². The number of carbonyl (C=O) groups excluding carboxylic acids is 3. The molecule has 0 aliphatic heterocycles. The van der Waals surface area contributed by atoms with Crippen LogP contribution in [0.25, 0.3) is 0 Å². The molecule has 0 aliphatic rings. The molecule has 0 radical (unpaired) electrons. The maximum Gasteiger partial charge on any atom is 0.407 e. The van der Waals surface area contributed by atoms with E-state index >= 15 is 0 Å². The van der Waals surface area contributed by atoms with Gasteiger partial charge in [-0.25, -0.2) is 4.79 Å². The Morgan fingerprint density at radius 3 is 2.44 bits per heavy atom. The molecule has 0 aromatic heterocycles. The molecule has 0 bridgehead atoms. The summed E-state index contributed by atoms with van der Waals surface area (Å²) in [6.07, 6.45) is -2.00. The first-order chi connectivity index (χ1) is 12.5. The van der Waals surface area contributed by atoms with Crippen molar-refractivity contribution in [3.63, 3.8) is 0 Å². The van der Waals surface area contributed by atoms with Gasteiger partial charge in [-0.15, -0.1) is 0 Å².